The van der Waals surface area contributed by atoms with Crippen LogP contribution in [0.5, 0.6) is 0 Å². The van der Waals surface area contributed by atoms with Crippen LogP contribution in [0.4, 0.5) is 0 Å². The molecular formula is C24H38O6. The summed E-state index contributed by atoms with van der Waals surface area (Å²) in [6.07, 6.45) is 4.45. The Labute approximate surface area is 180 Å². The zero-order valence-corrected chi connectivity index (χ0v) is 18.9. The third-order valence-electron chi connectivity index (χ3n) is 7.97. The van der Waals surface area contributed by atoms with Crippen molar-refractivity contribution in [2.45, 2.75) is 103 Å². The van der Waals surface area contributed by atoms with Gasteiger partial charge in [-0.05, 0) is 37.5 Å². The van der Waals surface area contributed by atoms with Crippen LogP contribution in [0.15, 0.2) is 0 Å². The van der Waals surface area contributed by atoms with Gasteiger partial charge in [-0.25, -0.2) is 0 Å². The highest BCUT2D eigenvalue weighted by Gasteiger charge is 2.47. The molecule has 4 aliphatic rings. The zero-order valence-electron chi connectivity index (χ0n) is 18.9. The van der Waals surface area contributed by atoms with Crippen molar-refractivity contribution >= 4 is 11.6 Å². The van der Waals surface area contributed by atoms with Crippen molar-refractivity contribution in [1.82, 2.24) is 0 Å². The van der Waals surface area contributed by atoms with Crippen molar-refractivity contribution in [3.63, 3.8) is 0 Å². The minimum Gasteiger partial charge on any atom is -0.374 e. The second kappa shape index (κ2) is 9.35. The quantitative estimate of drug-likeness (QED) is 0.695. The SMILES string of the molecule is C[C@@H]1C(=O)CCO[C@H]1[C@H]1CC[C@H](C)[C@@H]([C@H]2O[C@@H]([C@@H]3OCCC(=O)[C@H]3C)CC[C@@H]2C)O1. The first-order valence-electron chi connectivity index (χ1n) is 12.0. The summed E-state index contributed by atoms with van der Waals surface area (Å²) in [6.45, 7) is 9.41. The lowest BCUT2D eigenvalue weighted by Gasteiger charge is -2.48. The van der Waals surface area contributed by atoms with Gasteiger partial charge in [0.15, 0.2) is 0 Å². The molecule has 0 aromatic heterocycles. The zero-order chi connectivity index (χ0) is 21.4. The molecule has 4 aliphatic heterocycles. The summed E-state index contributed by atoms with van der Waals surface area (Å²) in [5, 5.41) is 0. The van der Waals surface area contributed by atoms with Crippen LogP contribution in [0.2, 0.25) is 0 Å². The Kier molecular flexibility index (Phi) is 6.98. The Morgan fingerprint density at radius 1 is 0.600 bits per heavy atom. The summed E-state index contributed by atoms with van der Waals surface area (Å²) in [6, 6.07) is 0. The number of hydrogen-bond acceptors (Lipinski definition) is 6. The molecule has 0 spiro atoms. The van der Waals surface area contributed by atoms with Gasteiger partial charge in [0.25, 0.3) is 0 Å². The molecule has 10 atom stereocenters. The van der Waals surface area contributed by atoms with Crippen LogP contribution >= 0.6 is 0 Å². The summed E-state index contributed by atoms with van der Waals surface area (Å²) < 4.78 is 25.3. The first-order valence-corrected chi connectivity index (χ1v) is 12.0. The summed E-state index contributed by atoms with van der Waals surface area (Å²) in [4.78, 5) is 24.4. The Hall–Kier alpha value is -0.820. The van der Waals surface area contributed by atoms with Gasteiger partial charge in [-0.15, -0.1) is 0 Å². The molecule has 6 nitrogen and oxygen atoms in total. The molecule has 4 heterocycles. The molecule has 0 amide bonds. The molecule has 4 saturated heterocycles. The minimum absolute atomic E-state index is 0.0241. The average molecular weight is 423 g/mol. The average Bonchev–Trinajstić information content (AvgIpc) is 2.73. The molecule has 0 aliphatic carbocycles. The smallest absolute Gasteiger partial charge is 0.140 e. The fourth-order valence-corrected chi connectivity index (χ4v) is 5.84. The van der Waals surface area contributed by atoms with Gasteiger partial charge in [0.1, 0.15) is 11.6 Å². The maximum atomic E-state index is 12.2. The highest BCUT2D eigenvalue weighted by molar-refractivity contribution is 5.82. The Morgan fingerprint density at radius 3 is 1.40 bits per heavy atom. The van der Waals surface area contributed by atoms with Gasteiger partial charge in [0.05, 0.1) is 49.8 Å². The number of rotatable bonds is 3. The Balaban J connectivity index is 1.46. The summed E-state index contributed by atoms with van der Waals surface area (Å²) in [7, 11) is 0. The van der Waals surface area contributed by atoms with E-state index in [1.807, 2.05) is 13.8 Å². The summed E-state index contributed by atoms with van der Waals surface area (Å²) in [5.41, 5.74) is 0. The van der Waals surface area contributed by atoms with Crippen molar-refractivity contribution < 1.29 is 28.5 Å². The van der Waals surface area contributed by atoms with E-state index in [-0.39, 0.29) is 60.0 Å². The molecule has 4 fully saturated rings. The molecule has 0 N–H and O–H groups in total. The van der Waals surface area contributed by atoms with Crippen LogP contribution < -0.4 is 0 Å². The number of carbonyl (C=O) groups is 2. The summed E-state index contributed by atoms with van der Waals surface area (Å²) >= 11 is 0. The predicted molar refractivity (Wildman–Crippen MR) is 111 cm³/mol. The third-order valence-corrected chi connectivity index (χ3v) is 7.97. The lowest BCUT2D eigenvalue weighted by molar-refractivity contribution is -0.237. The molecule has 170 valence electrons. The number of carbonyl (C=O) groups excluding carboxylic acids is 2. The van der Waals surface area contributed by atoms with E-state index in [1.165, 1.54) is 0 Å². The molecule has 4 rings (SSSR count). The van der Waals surface area contributed by atoms with Gasteiger partial charge in [0, 0.05) is 24.7 Å². The first kappa shape index (κ1) is 22.4. The highest BCUT2D eigenvalue weighted by Crippen LogP contribution is 2.40. The second-order valence-corrected chi connectivity index (χ2v) is 10.1. The van der Waals surface area contributed by atoms with Crippen LogP contribution in [0.3, 0.4) is 0 Å². The van der Waals surface area contributed by atoms with Crippen molar-refractivity contribution in [2.24, 2.45) is 23.7 Å². The van der Waals surface area contributed by atoms with Gasteiger partial charge in [0.2, 0.25) is 0 Å². The molecule has 0 aromatic carbocycles. The predicted octanol–water partition coefficient (Wildman–Crippen LogP) is 3.34. The maximum Gasteiger partial charge on any atom is 0.140 e. The van der Waals surface area contributed by atoms with Crippen LogP contribution in [0.1, 0.15) is 66.2 Å². The molecule has 0 bridgehead atoms. The topological polar surface area (TPSA) is 71.1 Å². The van der Waals surface area contributed by atoms with Crippen molar-refractivity contribution in [3.8, 4) is 0 Å². The second-order valence-electron chi connectivity index (χ2n) is 10.1. The van der Waals surface area contributed by atoms with E-state index in [1.54, 1.807) is 0 Å². The Bertz CT molecular complexity index is 581. The number of ketones is 2. The first-order chi connectivity index (χ1) is 14.4. The van der Waals surface area contributed by atoms with Crippen molar-refractivity contribution in [2.75, 3.05) is 13.2 Å². The van der Waals surface area contributed by atoms with Gasteiger partial charge >= 0.3 is 0 Å². The van der Waals surface area contributed by atoms with E-state index < -0.39 is 0 Å². The van der Waals surface area contributed by atoms with E-state index in [4.69, 9.17) is 18.9 Å². The van der Waals surface area contributed by atoms with Gasteiger partial charge < -0.3 is 18.9 Å². The fraction of sp³-hybridized carbons (Fsp3) is 0.917. The fourth-order valence-electron chi connectivity index (χ4n) is 5.84. The molecule has 0 unspecified atom stereocenters. The van der Waals surface area contributed by atoms with Gasteiger partial charge in [-0.2, -0.15) is 0 Å². The van der Waals surface area contributed by atoms with E-state index in [2.05, 4.69) is 13.8 Å². The standard InChI is InChI=1S/C24H38O6/c1-13-5-7-19(23-15(3)17(25)9-11-27-23)29-21(13)22-14(2)6-8-20(30-22)24-16(4)18(26)10-12-28-24/h13-16,19-24H,5-12H2,1-4H3/t13-,14-,15+,16+,19+,20+,21-,22-,23+,24+/m0/s1. The van der Waals surface area contributed by atoms with Crippen LogP contribution in [-0.4, -0.2) is 61.4 Å². The van der Waals surface area contributed by atoms with Crippen molar-refractivity contribution in [3.05, 3.63) is 0 Å². The summed E-state index contributed by atoms with van der Waals surface area (Å²) in [5.74, 6) is 1.10. The largest absolute Gasteiger partial charge is 0.374 e. The number of hydrogen-bond donors (Lipinski definition) is 0. The minimum atomic E-state index is -0.157. The normalized spacial score (nSPS) is 48.5. The maximum absolute atomic E-state index is 12.2. The van der Waals surface area contributed by atoms with Crippen LogP contribution in [0.25, 0.3) is 0 Å². The van der Waals surface area contributed by atoms with Crippen molar-refractivity contribution in [1.29, 1.82) is 0 Å². The lowest BCUT2D eigenvalue weighted by Crippen LogP contribution is -2.56. The van der Waals surface area contributed by atoms with Gasteiger partial charge in [-0.1, -0.05) is 27.7 Å². The Morgan fingerprint density at radius 2 is 1.00 bits per heavy atom. The van der Waals surface area contributed by atoms with E-state index in [0.717, 1.165) is 25.7 Å². The van der Waals surface area contributed by atoms with Crippen LogP contribution in [-0.2, 0) is 28.5 Å². The number of Topliss-reactive ketones (excluding diaryl/α,β-unsaturated/α-hetero) is 2. The molecule has 0 radical (unpaired) electrons. The molecule has 30 heavy (non-hydrogen) atoms. The highest BCUT2D eigenvalue weighted by atomic mass is 16.6. The number of ether oxygens (including phenoxy) is 4. The molecule has 6 heteroatoms. The molecule has 0 aromatic rings. The van der Waals surface area contributed by atoms with E-state index in [0.29, 0.717) is 37.9 Å². The van der Waals surface area contributed by atoms with Crippen LogP contribution in [0, 0.1) is 23.7 Å². The molecular weight excluding hydrogens is 384 g/mol. The van der Waals surface area contributed by atoms with E-state index in [9.17, 15) is 9.59 Å². The van der Waals surface area contributed by atoms with Gasteiger partial charge in [-0.3, -0.25) is 9.59 Å². The van der Waals surface area contributed by atoms with E-state index >= 15 is 0 Å². The molecule has 0 saturated carbocycles. The lowest BCUT2D eigenvalue weighted by atomic mass is 9.79. The third kappa shape index (κ3) is 4.38. The monoisotopic (exact) mass is 422 g/mol.